The van der Waals surface area contributed by atoms with E-state index < -0.39 is 0 Å². The van der Waals surface area contributed by atoms with Gasteiger partial charge in [-0.25, -0.2) is 4.98 Å². The van der Waals surface area contributed by atoms with Crippen LogP contribution < -0.4 is 4.90 Å². The van der Waals surface area contributed by atoms with E-state index in [0.717, 1.165) is 17.9 Å². The third kappa shape index (κ3) is 2.60. The molecule has 0 aliphatic rings. The SMILES string of the molecule is C=C(C)CN(C)c1cc(C#N)ccn1. The molecule has 0 unspecified atom stereocenters. The van der Waals surface area contributed by atoms with Gasteiger partial charge in [-0.1, -0.05) is 12.2 Å². The summed E-state index contributed by atoms with van der Waals surface area (Å²) in [6.07, 6.45) is 1.64. The molecule has 0 aromatic carbocycles. The van der Waals surface area contributed by atoms with E-state index >= 15 is 0 Å². The average Bonchev–Trinajstić information content (AvgIpc) is 2.17. The Labute approximate surface area is 84.3 Å². The number of aromatic nitrogens is 1. The molecular formula is C11H13N3. The van der Waals surface area contributed by atoms with Crippen molar-refractivity contribution in [3.8, 4) is 6.07 Å². The summed E-state index contributed by atoms with van der Waals surface area (Å²) in [6.45, 7) is 6.54. The van der Waals surface area contributed by atoms with Gasteiger partial charge in [-0.2, -0.15) is 5.26 Å². The summed E-state index contributed by atoms with van der Waals surface area (Å²) < 4.78 is 0. The second-order valence-electron chi connectivity index (χ2n) is 3.33. The number of anilines is 1. The van der Waals surface area contributed by atoms with Crippen LogP contribution in [-0.2, 0) is 0 Å². The van der Waals surface area contributed by atoms with Crippen LogP contribution in [0.2, 0.25) is 0 Å². The minimum Gasteiger partial charge on any atom is -0.356 e. The maximum atomic E-state index is 8.71. The molecule has 14 heavy (non-hydrogen) atoms. The number of hydrogen-bond acceptors (Lipinski definition) is 3. The van der Waals surface area contributed by atoms with Crippen molar-refractivity contribution in [2.24, 2.45) is 0 Å². The van der Waals surface area contributed by atoms with Gasteiger partial charge in [0, 0.05) is 19.8 Å². The van der Waals surface area contributed by atoms with Crippen molar-refractivity contribution in [3.63, 3.8) is 0 Å². The van der Waals surface area contributed by atoms with Gasteiger partial charge in [-0.05, 0) is 19.1 Å². The molecule has 1 aromatic rings. The van der Waals surface area contributed by atoms with Crippen LogP contribution in [0.1, 0.15) is 12.5 Å². The van der Waals surface area contributed by atoms with E-state index in [1.54, 1.807) is 18.3 Å². The Morgan fingerprint density at radius 2 is 2.43 bits per heavy atom. The molecule has 0 fully saturated rings. The van der Waals surface area contributed by atoms with Crippen molar-refractivity contribution in [1.82, 2.24) is 4.98 Å². The molecule has 0 radical (unpaired) electrons. The first-order chi connectivity index (χ1) is 6.63. The van der Waals surface area contributed by atoms with E-state index in [1.807, 2.05) is 18.9 Å². The summed E-state index contributed by atoms with van der Waals surface area (Å²) in [5, 5.41) is 8.71. The number of pyridine rings is 1. The number of hydrogen-bond donors (Lipinski definition) is 0. The molecule has 0 spiro atoms. The first kappa shape index (κ1) is 10.3. The van der Waals surface area contributed by atoms with Crippen LogP contribution >= 0.6 is 0 Å². The first-order valence-electron chi connectivity index (χ1n) is 4.35. The summed E-state index contributed by atoms with van der Waals surface area (Å²) in [5.74, 6) is 0.798. The van der Waals surface area contributed by atoms with Crippen LogP contribution in [0.3, 0.4) is 0 Å². The Bertz CT molecular complexity index is 376. The fourth-order valence-electron chi connectivity index (χ4n) is 1.18. The molecule has 0 atom stereocenters. The number of nitriles is 1. The van der Waals surface area contributed by atoms with E-state index in [-0.39, 0.29) is 0 Å². The van der Waals surface area contributed by atoms with Gasteiger partial charge in [-0.15, -0.1) is 0 Å². The molecule has 0 aliphatic heterocycles. The summed E-state index contributed by atoms with van der Waals surface area (Å²) >= 11 is 0. The Hall–Kier alpha value is -1.82. The minimum atomic E-state index is 0.628. The lowest BCUT2D eigenvalue weighted by atomic mass is 10.2. The van der Waals surface area contributed by atoms with Gasteiger partial charge in [0.2, 0.25) is 0 Å². The van der Waals surface area contributed by atoms with Crippen LogP contribution in [0.4, 0.5) is 5.82 Å². The van der Waals surface area contributed by atoms with Crippen molar-refractivity contribution in [3.05, 3.63) is 36.0 Å². The third-order valence-corrected chi connectivity index (χ3v) is 1.77. The third-order valence-electron chi connectivity index (χ3n) is 1.77. The minimum absolute atomic E-state index is 0.628. The smallest absolute Gasteiger partial charge is 0.129 e. The highest BCUT2D eigenvalue weighted by atomic mass is 15.2. The zero-order chi connectivity index (χ0) is 10.6. The molecule has 0 saturated heterocycles. The second kappa shape index (κ2) is 4.43. The lowest BCUT2D eigenvalue weighted by Crippen LogP contribution is -2.20. The molecule has 3 nitrogen and oxygen atoms in total. The highest BCUT2D eigenvalue weighted by Crippen LogP contribution is 2.11. The van der Waals surface area contributed by atoms with Gasteiger partial charge >= 0.3 is 0 Å². The van der Waals surface area contributed by atoms with E-state index in [0.29, 0.717) is 5.56 Å². The molecular weight excluding hydrogens is 174 g/mol. The molecule has 0 bridgehead atoms. The van der Waals surface area contributed by atoms with Crippen LogP contribution in [0.5, 0.6) is 0 Å². The predicted molar refractivity (Wildman–Crippen MR) is 57.0 cm³/mol. The van der Waals surface area contributed by atoms with E-state index in [2.05, 4.69) is 17.6 Å². The van der Waals surface area contributed by atoms with Gasteiger partial charge in [0.05, 0.1) is 11.6 Å². The summed E-state index contributed by atoms with van der Waals surface area (Å²) in [7, 11) is 1.93. The Morgan fingerprint density at radius 1 is 1.71 bits per heavy atom. The zero-order valence-corrected chi connectivity index (χ0v) is 8.49. The monoisotopic (exact) mass is 187 g/mol. The summed E-state index contributed by atoms with van der Waals surface area (Å²) in [4.78, 5) is 6.14. The molecule has 0 amide bonds. The van der Waals surface area contributed by atoms with Gasteiger partial charge in [0.15, 0.2) is 0 Å². The molecule has 0 N–H and O–H groups in total. The molecule has 1 rings (SSSR count). The fraction of sp³-hybridized carbons (Fsp3) is 0.273. The fourth-order valence-corrected chi connectivity index (χ4v) is 1.18. The molecule has 72 valence electrons. The molecule has 1 heterocycles. The van der Waals surface area contributed by atoms with E-state index in [1.165, 1.54) is 0 Å². The summed E-state index contributed by atoms with van der Waals surface area (Å²) in [5.41, 5.74) is 1.69. The van der Waals surface area contributed by atoms with Crippen LogP contribution in [-0.4, -0.2) is 18.6 Å². The van der Waals surface area contributed by atoms with Gasteiger partial charge in [0.1, 0.15) is 5.82 Å². The Morgan fingerprint density at radius 3 is 3.00 bits per heavy atom. The van der Waals surface area contributed by atoms with E-state index in [4.69, 9.17) is 5.26 Å². The molecule has 0 aliphatic carbocycles. The maximum absolute atomic E-state index is 8.71. The van der Waals surface area contributed by atoms with Gasteiger partial charge < -0.3 is 4.90 Å². The number of nitrogens with zero attached hydrogens (tertiary/aromatic N) is 3. The highest BCUT2D eigenvalue weighted by Gasteiger charge is 2.02. The topological polar surface area (TPSA) is 39.9 Å². The van der Waals surface area contributed by atoms with Crippen molar-refractivity contribution in [1.29, 1.82) is 5.26 Å². The normalized spacial score (nSPS) is 9.21. The Balaban J connectivity index is 2.85. The Kier molecular flexibility index (Phi) is 3.24. The van der Waals surface area contributed by atoms with E-state index in [9.17, 15) is 0 Å². The standard InChI is InChI=1S/C11H13N3/c1-9(2)8-14(3)11-6-10(7-12)4-5-13-11/h4-6H,1,8H2,2-3H3. The quantitative estimate of drug-likeness (QED) is 0.679. The molecule has 0 saturated carbocycles. The number of rotatable bonds is 3. The molecule has 1 aromatic heterocycles. The maximum Gasteiger partial charge on any atom is 0.129 e. The highest BCUT2D eigenvalue weighted by molar-refractivity contribution is 5.44. The van der Waals surface area contributed by atoms with Crippen molar-refractivity contribution in [2.75, 3.05) is 18.5 Å². The zero-order valence-electron chi connectivity index (χ0n) is 8.49. The largest absolute Gasteiger partial charge is 0.356 e. The average molecular weight is 187 g/mol. The molecule has 3 heteroatoms. The van der Waals surface area contributed by atoms with Crippen LogP contribution in [0, 0.1) is 11.3 Å². The first-order valence-corrected chi connectivity index (χ1v) is 4.35. The lowest BCUT2D eigenvalue weighted by Gasteiger charge is -2.17. The summed E-state index contributed by atoms with van der Waals surface area (Å²) in [6, 6.07) is 5.55. The number of likely N-dealkylation sites (N-methyl/N-ethyl adjacent to an activating group) is 1. The van der Waals surface area contributed by atoms with Gasteiger partial charge in [0.25, 0.3) is 0 Å². The van der Waals surface area contributed by atoms with Crippen molar-refractivity contribution < 1.29 is 0 Å². The van der Waals surface area contributed by atoms with Gasteiger partial charge in [-0.3, -0.25) is 0 Å². The predicted octanol–water partition coefficient (Wildman–Crippen LogP) is 1.97. The lowest BCUT2D eigenvalue weighted by molar-refractivity contribution is 0.953. The van der Waals surface area contributed by atoms with Crippen LogP contribution in [0.25, 0.3) is 0 Å². The van der Waals surface area contributed by atoms with Crippen LogP contribution in [0.15, 0.2) is 30.5 Å². The van der Waals surface area contributed by atoms with Crippen molar-refractivity contribution >= 4 is 5.82 Å². The second-order valence-corrected chi connectivity index (χ2v) is 3.33. The van der Waals surface area contributed by atoms with Crippen molar-refractivity contribution in [2.45, 2.75) is 6.92 Å².